The number of piperidine rings is 2. The number of aromatic amines is 2. The number of aliphatic hydroxyl groups excluding tert-OH is 1. The number of benzene rings is 2. The van der Waals surface area contributed by atoms with Crippen LogP contribution < -0.4 is 15.5 Å². The van der Waals surface area contributed by atoms with E-state index in [-0.39, 0.29) is 41.5 Å². The van der Waals surface area contributed by atoms with Gasteiger partial charge in [0.15, 0.2) is 11.6 Å². The quantitative estimate of drug-likeness (QED) is 0.0849. The third kappa shape index (κ3) is 12.5. The summed E-state index contributed by atoms with van der Waals surface area (Å²) in [5, 5.41) is 33.2. The van der Waals surface area contributed by atoms with Gasteiger partial charge in [0.25, 0.3) is 11.8 Å². The number of nitrogens with zero attached hydrogens (tertiary/aromatic N) is 7. The minimum Gasteiger partial charge on any atom is -0.395 e. The lowest BCUT2D eigenvalue weighted by atomic mass is 9.85. The number of aromatic nitrogens is 5. The number of aliphatic hydroxyl groups is 1. The van der Waals surface area contributed by atoms with Gasteiger partial charge in [-0.3, -0.25) is 9.59 Å². The number of H-pyrrole nitrogens is 2. The maximum Gasteiger partial charge on any atom is 0.291 e. The van der Waals surface area contributed by atoms with Crippen molar-refractivity contribution >= 4 is 40.2 Å². The molecule has 2 aliphatic heterocycles. The van der Waals surface area contributed by atoms with E-state index < -0.39 is 0 Å². The smallest absolute Gasteiger partial charge is 0.291 e. The number of rotatable bonds is 11. The first-order valence-electron chi connectivity index (χ1n) is 24.1. The van der Waals surface area contributed by atoms with Crippen LogP contribution in [0.15, 0.2) is 85.3 Å². The zero-order valence-corrected chi connectivity index (χ0v) is 38.9. The van der Waals surface area contributed by atoms with E-state index in [4.69, 9.17) is 10.5 Å². The molecule has 9 rings (SSSR count). The molecule has 5 N–H and O–H groups in total. The zero-order valence-electron chi connectivity index (χ0n) is 38.9. The molecule has 0 unspecified atom stereocenters. The molecule has 2 aliphatic carbocycles. The molecule has 2 amide bonds. The SMILES string of the molecule is CC.N#Cc1cnc(C(=O)Nc2ccc(C3CCN(CCO)CC3)cc2C2=CCCCC2)[nH]1.N#Cc1cnc(C(=O)Nc2ccc(C3CCN(c4ccccn4)CC3)cc2C2=CCCCC2)[nH]1. The topological polar surface area (TPSA) is 203 Å². The van der Waals surface area contributed by atoms with Crippen LogP contribution in [-0.4, -0.2) is 86.1 Å². The van der Waals surface area contributed by atoms with Gasteiger partial charge in [-0.1, -0.05) is 44.2 Å². The van der Waals surface area contributed by atoms with Crippen LogP contribution in [0.1, 0.15) is 158 Å². The van der Waals surface area contributed by atoms with E-state index in [0.717, 1.165) is 125 Å². The summed E-state index contributed by atoms with van der Waals surface area (Å²) in [7, 11) is 0. The van der Waals surface area contributed by atoms with E-state index >= 15 is 0 Å². The number of likely N-dealkylation sites (tertiary alicyclic amines) is 1. The van der Waals surface area contributed by atoms with Gasteiger partial charge in [0.1, 0.15) is 29.3 Å². The van der Waals surface area contributed by atoms with E-state index in [9.17, 15) is 14.7 Å². The standard InChI is InChI=1S/C27H28N6O.C24H29N5O2.C2H6/c28-17-22-18-30-26(31-22)27(34)32-24-10-9-21(16-23(24)20-6-2-1-3-7-20)19-11-14-33(15-12-19)25-8-4-5-13-29-25;25-15-20-16-26-23(27-20)24(31)28-22-7-6-19(14-21(22)18-4-2-1-3-5-18)17-8-10-29(11-9-17)12-13-30;1-2/h4-6,8-10,13,16,18-19H,1-3,7,11-12,14-15H2,(H,30,31)(H,32,34);4,6-7,14,16-17,30H,1-3,5,8-13H2,(H,26,27)(H,28,31);1-2H3. The fraction of sp³-hybridized carbons (Fsp3) is 0.415. The van der Waals surface area contributed by atoms with Crippen molar-refractivity contribution in [2.75, 3.05) is 54.9 Å². The second kappa shape index (κ2) is 24.1. The number of nitrogens with one attached hydrogen (secondary N) is 4. The normalized spacial score (nSPS) is 16.7. The summed E-state index contributed by atoms with van der Waals surface area (Å²) >= 11 is 0. The van der Waals surface area contributed by atoms with Crippen LogP contribution in [0.3, 0.4) is 0 Å². The lowest BCUT2D eigenvalue weighted by Gasteiger charge is -2.33. The number of hydrogen-bond acceptors (Lipinski definition) is 10. The van der Waals surface area contributed by atoms with Gasteiger partial charge in [-0.15, -0.1) is 0 Å². The van der Waals surface area contributed by atoms with Crippen molar-refractivity contribution in [2.45, 2.75) is 103 Å². The number of carbonyl (C=O) groups excluding carboxylic acids is 2. The number of allylic oxidation sites excluding steroid dienone is 4. The van der Waals surface area contributed by atoms with Gasteiger partial charge in [-0.2, -0.15) is 10.5 Å². The summed E-state index contributed by atoms with van der Waals surface area (Å²) in [5.41, 5.74) is 9.54. The van der Waals surface area contributed by atoms with Crippen LogP contribution in [0.4, 0.5) is 17.2 Å². The van der Waals surface area contributed by atoms with E-state index in [2.05, 4.69) is 87.8 Å². The molecule has 3 aromatic heterocycles. The van der Waals surface area contributed by atoms with Gasteiger partial charge in [0, 0.05) is 48.3 Å². The molecule has 5 aromatic rings. The molecular weight excluding hydrogens is 839 g/mol. The average molecular weight is 902 g/mol. The first-order chi connectivity index (χ1) is 32.9. The Morgan fingerprint density at radius 2 is 1.21 bits per heavy atom. The van der Waals surface area contributed by atoms with E-state index in [1.807, 2.05) is 56.4 Å². The number of imidazole rings is 2. The van der Waals surface area contributed by atoms with Crippen molar-refractivity contribution in [3.05, 3.63) is 131 Å². The molecule has 14 nitrogen and oxygen atoms in total. The Bertz CT molecular complexity index is 2580. The third-order valence-electron chi connectivity index (χ3n) is 13.1. The van der Waals surface area contributed by atoms with Gasteiger partial charge in [0.2, 0.25) is 0 Å². The van der Waals surface area contributed by atoms with Crippen LogP contribution in [0, 0.1) is 22.7 Å². The van der Waals surface area contributed by atoms with Crippen LogP contribution in [0.25, 0.3) is 11.1 Å². The fourth-order valence-electron chi connectivity index (χ4n) is 9.51. The molecule has 0 radical (unpaired) electrons. The summed E-state index contributed by atoms with van der Waals surface area (Å²) in [4.78, 5) is 48.2. The molecule has 0 atom stereocenters. The average Bonchev–Trinajstić information content (AvgIpc) is 4.10. The molecule has 2 fully saturated rings. The predicted octanol–water partition coefficient (Wildman–Crippen LogP) is 9.96. The van der Waals surface area contributed by atoms with Crippen molar-refractivity contribution in [1.82, 2.24) is 29.8 Å². The second-order valence-corrected chi connectivity index (χ2v) is 17.3. The molecule has 14 heteroatoms. The number of β-amino-alcohol motifs (C(OH)–C–C–N with tert-alkyl or cyclic N) is 1. The summed E-state index contributed by atoms with van der Waals surface area (Å²) in [5.74, 6) is 1.62. The minimum atomic E-state index is -0.343. The monoisotopic (exact) mass is 902 g/mol. The Morgan fingerprint density at radius 1 is 0.701 bits per heavy atom. The third-order valence-corrected chi connectivity index (χ3v) is 13.1. The molecule has 67 heavy (non-hydrogen) atoms. The highest BCUT2D eigenvalue weighted by molar-refractivity contribution is 6.04. The zero-order chi connectivity index (χ0) is 47.0. The molecule has 348 valence electrons. The Morgan fingerprint density at radius 3 is 1.63 bits per heavy atom. The molecule has 5 heterocycles. The van der Waals surface area contributed by atoms with Crippen molar-refractivity contribution in [3.8, 4) is 12.1 Å². The number of amides is 2. The number of pyridine rings is 1. The fourth-order valence-corrected chi connectivity index (χ4v) is 9.51. The van der Waals surface area contributed by atoms with Crippen molar-refractivity contribution in [3.63, 3.8) is 0 Å². The van der Waals surface area contributed by atoms with Crippen LogP contribution >= 0.6 is 0 Å². The maximum atomic E-state index is 12.8. The first kappa shape index (κ1) is 48.1. The molecule has 2 saturated heterocycles. The van der Waals surface area contributed by atoms with Crippen LogP contribution in [-0.2, 0) is 0 Å². The molecule has 4 aliphatic rings. The number of nitriles is 2. The molecule has 0 bridgehead atoms. The Hall–Kier alpha value is -6.87. The van der Waals surface area contributed by atoms with Gasteiger partial charge in [-0.05, 0) is 161 Å². The van der Waals surface area contributed by atoms with Gasteiger partial charge in [-0.25, -0.2) is 15.0 Å². The Balaban J connectivity index is 0.000000193. The maximum absolute atomic E-state index is 12.8. The summed E-state index contributed by atoms with van der Waals surface area (Å²) < 4.78 is 0. The number of anilines is 3. The van der Waals surface area contributed by atoms with Crippen molar-refractivity contribution in [1.29, 1.82) is 10.5 Å². The number of carbonyl (C=O) groups is 2. The summed E-state index contributed by atoms with van der Waals surface area (Å²) in [6.07, 6.45) is 22.4. The molecule has 2 aromatic carbocycles. The van der Waals surface area contributed by atoms with Crippen molar-refractivity contribution < 1.29 is 14.7 Å². The van der Waals surface area contributed by atoms with E-state index in [1.54, 1.807) is 0 Å². The van der Waals surface area contributed by atoms with Gasteiger partial charge < -0.3 is 35.5 Å². The lowest BCUT2D eigenvalue weighted by molar-refractivity contribution is 0.101. The Kier molecular flexibility index (Phi) is 17.3. The molecule has 0 saturated carbocycles. The van der Waals surface area contributed by atoms with E-state index in [0.29, 0.717) is 11.8 Å². The van der Waals surface area contributed by atoms with Crippen LogP contribution in [0.2, 0.25) is 0 Å². The highest BCUT2D eigenvalue weighted by Gasteiger charge is 2.25. The number of hydrogen-bond donors (Lipinski definition) is 5. The molecule has 0 spiro atoms. The van der Waals surface area contributed by atoms with Gasteiger partial charge >= 0.3 is 0 Å². The highest BCUT2D eigenvalue weighted by Crippen LogP contribution is 2.39. The minimum absolute atomic E-state index is 0.139. The predicted molar refractivity (Wildman–Crippen MR) is 264 cm³/mol. The summed E-state index contributed by atoms with van der Waals surface area (Å²) in [6, 6.07) is 22.8. The Labute approximate surface area is 394 Å². The second-order valence-electron chi connectivity index (χ2n) is 17.3. The van der Waals surface area contributed by atoms with Crippen LogP contribution in [0.5, 0.6) is 0 Å². The van der Waals surface area contributed by atoms with Crippen molar-refractivity contribution in [2.24, 2.45) is 0 Å². The van der Waals surface area contributed by atoms with E-state index in [1.165, 1.54) is 47.5 Å². The lowest BCUT2D eigenvalue weighted by Crippen LogP contribution is -2.34. The molecular formula is C53H63N11O3. The largest absolute Gasteiger partial charge is 0.395 e. The first-order valence-corrected chi connectivity index (χ1v) is 24.1. The highest BCUT2D eigenvalue weighted by atomic mass is 16.3. The van der Waals surface area contributed by atoms with Gasteiger partial charge in [0.05, 0.1) is 19.0 Å². The summed E-state index contributed by atoms with van der Waals surface area (Å²) in [6.45, 7) is 8.93.